The van der Waals surface area contributed by atoms with Gasteiger partial charge in [0.25, 0.3) is 0 Å². The van der Waals surface area contributed by atoms with Crippen LogP contribution in [0.15, 0.2) is 52.9 Å². The van der Waals surface area contributed by atoms with E-state index in [4.69, 9.17) is 9.15 Å². The number of ether oxygens (including phenoxy) is 1. The maximum Gasteiger partial charge on any atom is 0.226 e. The number of Topliss-reactive ketones (excluding diaryl/α,β-unsaturated/α-hetero) is 1. The van der Waals surface area contributed by atoms with Gasteiger partial charge >= 0.3 is 0 Å². The molecule has 0 N–H and O–H groups in total. The average molecular weight is 456 g/mol. The smallest absolute Gasteiger partial charge is 0.226 e. The van der Waals surface area contributed by atoms with E-state index in [-0.39, 0.29) is 18.0 Å². The molecule has 7 heteroatoms. The van der Waals surface area contributed by atoms with Crippen molar-refractivity contribution in [2.24, 2.45) is 0 Å². The third-order valence-corrected chi connectivity index (χ3v) is 6.57. The van der Waals surface area contributed by atoms with E-state index in [1.807, 2.05) is 62.4 Å². The summed E-state index contributed by atoms with van der Waals surface area (Å²) < 4.78 is 36.5. The zero-order chi connectivity index (χ0) is 23.1. The first-order valence-electron chi connectivity index (χ1n) is 10.7. The molecule has 0 unspecified atom stereocenters. The Hall–Kier alpha value is -2.93. The van der Waals surface area contributed by atoms with Gasteiger partial charge in [0.15, 0.2) is 9.84 Å². The molecule has 0 atom stereocenters. The fourth-order valence-electron chi connectivity index (χ4n) is 3.32. The van der Waals surface area contributed by atoms with Crippen molar-refractivity contribution in [1.29, 1.82) is 0 Å². The van der Waals surface area contributed by atoms with Crippen molar-refractivity contribution in [3.05, 3.63) is 71.1 Å². The van der Waals surface area contributed by atoms with Crippen LogP contribution in [0.1, 0.15) is 42.3 Å². The molecule has 0 saturated heterocycles. The van der Waals surface area contributed by atoms with Crippen LogP contribution in [0.3, 0.4) is 0 Å². The van der Waals surface area contributed by atoms with Crippen molar-refractivity contribution in [1.82, 2.24) is 4.98 Å². The van der Waals surface area contributed by atoms with Crippen molar-refractivity contribution in [2.75, 3.05) is 12.4 Å². The van der Waals surface area contributed by atoms with Gasteiger partial charge in [0, 0.05) is 12.0 Å². The zero-order valence-corrected chi connectivity index (χ0v) is 19.6. The lowest BCUT2D eigenvalue weighted by Gasteiger charge is -2.06. The molecule has 0 spiro atoms. The number of nitrogens with zero attached hydrogens (tertiary/aromatic N) is 1. The van der Waals surface area contributed by atoms with E-state index in [1.54, 1.807) is 6.92 Å². The Morgan fingerprint density at radius 2 is 1.78 bits per heavy atom. The number of carbonyl (C=O) groups excluding carboxylic acids is 1. The van der Waals surface area contributed by atoms with E-state index in [2.05, 4.69) is 4.98 Å². The summed E-state index contributed by atoms with van der Waals surface area (Å²) in [7, 11) is -3.65. The molecule has 0 fully saturated rings. The van der Waals surface area contributed by atoms with Gasteiger partial charge < -0.3 is 9.15 Å². The largest absolute Gasteiger partial charge is 0.494 e. The molecule has 3 rings (SSSR count). The van der Waals surface area contributed by atoms with Crippen LogP contribution < -0.4 is 4.74 Å². The summed E-state index contributed by atoms with van der Waals surface area (Å²) >= 11 is 0. The van der Waals surface area contributed by atoms with Crippen LogP contribution in [-0.2, 0) is 26.8 Å². The molecule has 170 valence electrons. The number of sulfone groups is 1. The van der Waals surface area contributed by atoms with Gasteiger partial charge in [-0.25, -0.2) is 13.4 Å². The van der Waals surface area contributed by atoms with Crippen LogP contribution in [0.25, 0.3) is 11.5 Å². The first kappa shape index (κ1) is 23.7. The van der Waals surface area contributed by atoms with Crippen LogP contribution in [0.5, 0.6) is 5.75 Å². The fourth-order valence-corrected chi connectivity index (χ4v) is 4.74. The lowest BCUT2D eigenvalue weighted by Crippen LogP contribution is -2.18. The average Bonchev–Trinajstić information content (AvgIpc) is 3.10. The molecule has 3 aromatic rings. The number of carbonyl (C=O) groups is 1. The third kappa shape index (κ3) is 6.53. The Kier molecular flexibility index (Phi) is 7.85. The Morgan fingerprint density at radius 1 is 1.06 bits per heavy atom. The lowest BCUT2D eigenvalue weighted by molar-refractivity contribution is -0.116. The van der Waals surface area contributed by atoms with Gasteiger partial charge in [-0.2, -0.15) is 0 Å². The topological polar surface area (TPSA) is 86.5 Å². The second-order valence-corrected chi connectivity index (χ2v) is 9.96. The molecule has 32 heavy (non-hydrogen) atoms. The number of aromatic nitrogens is 1. The summed E-state index contributed by atoms with van der Waals surface area (Å²) in [4.78, 5) is 16.7. The van der Waals surface area contributed by atoms with Crippen molar-refractivity contribution in [2.45, 2.75) is 45.8 Å². The van der Waals surface area contributed by atoms with Crippen molar-refractivity contribution < 1.29 is 22.4 Å². The highest BCUT2D eigenvalue weighted by molar-refractivity contribution is 7.91. The molecule has 1 heterocycles. The molecule has 0 bridgehead atoms. The lowest BCUT2D eigenvalue weighted by atomic mass is 10.1. The Morgan fingerprint density at radius 3 is 2.47 bits per heavy atom. The van der Waals surface area contributed by atoms with E-state index in [0.717, 1.165) is 28.9 Å². The summed E-state index contributed by atoms with van der Waals surface area (Å²) in [6, 6.07) is 15.2. The van der Waals surface area contributed by atoms with Gasteiger partial charge in [0.1, 0.15) is 23.0 Å². The van der Waals surface area contributed by atoms with Gasteiger partial charge in [-0.3, -0.25) is 4.79 Å². The fraction of sp³-hybridized carbons (Fsp3) is 0.360. The Balaban J connectivity index is 1.57. The highest BCUT2D eigenvalue weighted by Crippen LogP contribution is 2.25. The second kappa shape index (κ2) is 10.6. The molecular weight excluding hydrogens is 426 g/mol. The first-order chi connectivity index (χ1) is 15.3. The van der Waals surface area contributed by atoms with Crippen molar-refractivity contribution >= 4 is 15.6 Å². The first-order valence-corrected chi connectivity index (χ1v) is 12.6. The molecule has 0 aliphatic carbocycles. The minimum absolute atomic E-state index is 0.167. The van der Waals surface area contributed by atoms with E-state index in [0.29, 0.717) is 30.4 Å². The molecule has 2 aromatic carbocycles. The molecule has 0 aliphatic rings. The quantitative estimate of drug-likeness (QED) is 0.410. The Labute approximate surface area is 189 Å². The minimum atomic E-state index is -3.65. The maximum atomic E-state index is 12.6. The standard InChI is InChI=1S/C25H29NO5S/c1-4-15-30-22-13-10-20(11-14-22)9-12-21(27)16-32(28,29)17-24-19(3)31-25(26-24)23-8-6-5-7-18(23)2/h5-8,10-11,13-14H,4,9,12,15-17H2,1-3H3. The van der Waals surface area contributed by atoms with E-state index in [1.165, 1.54) is 0 Å². The number of ketones is 1. The summed E-state index contributed by atoms with van der Waals surface area (Å²) in [5.74, 6) is 0.502. The number of hydrogen-bond acceptors (Lipinski definition) is 6. The number of oxazole rings is 1. The zero-order valence-electron chi connectivity index (χ0n) is 18.8. The molecule has 0 aliphatic heterocycles. The third-order valence-electron chi connectivity index (χ3n) is 5.09. The summed E-state index contributed by atoms with van der Waals surface area (Å²) in [6.07, 6.45) is 1.59. The van der Waals surface area contributed by atoms with Crippen LogP contribution >= 0.6 is 0 Å². The van der Waals surface area contributed by atoms with Gasteiger partial charge in [-0.1, -0.05) is 37.3 Å². The number of hydrogen-bond donors (Lipinski definition) is 0. The monoisotopic (exact) mass is 455 g/mol. The van der Waals surface area contributed by atoms with Gasteiger partial charge in [0.05, 0.1) is 18.1 Å². The van der Waals surface area contributed by atoms with E-state index in [9.17, 15) is 13.2 Å². The van der Waals surface area contributed by atoms with Crippen LogP contribution in [0.4, 0.5) is 0 Å². The van der Waals surface area contributed by atoms with Crippen LogP contribution in [0.2, 0.25) is 0 Å². The summed E-state index contributed by atoms with van der Waals surface area (Å²) in [5, 5.41) is 0. The highest BCUT2D eigenvalue weighted by atomic mass is 32.2. The number of aryl methyl sites for hydroxylation is 3. The predicted molar refractivity (Wildman–Crippen MR) is 124 cm³/mol. The van der Waals surface area contributed by atoms with E-state index < -0.39 is 15.6 Å². The summed E-state index contributed by atoms with van der Waals surface area (Å²) in [6.45, 7) is 6.33. The van der Waals surface area contributed by atoms with Crippen molar-refractivity contribution in [3.63, 3.8) is 0 Å². The van der Waals surface area contributed by atoms with Gasteiger partial charge in [0.2, 0.25) is 5.89 Å². The minimum Gasteiger partial charge on any atom is -0.494 e. The van der Waals surface area contributed by atoms with Crippen molar-refractivity contribution in [3.8, 4) is 17.2 Å². The number of rotatable bonds is 11. The molecule has 0 amide bonds. The molecule has 0 radical (unpaired) electrons. The maximum absolute atomic E-state index is 12.6. The van der Waals surface area contributed by atoms with Gasteiger partial charge in [-0.15, -0.1) is 0 Å². The molecule has 0 saturated carbocycles. The molecular formula is C25H29NO5S. The van der Waals surface area contributed by atoms with Gasteiger partial charge in [-0.05, 0) is 56.0 Å². The molecule has 1 aromatic heterocycles. The van der Waals surface area contributed by atoms with Crippen LogP contribution in [0, 0.1) is 13.8 Å². The summed E-state index contributed by atoms with van der Waals surface area (Å²) in [5.41, 5.74) is 3.12. The Bertz CT molecular complexity index is 1160. The van der Waals surface area contributed by atoms with E-state index >= 15 is 0 Å². The SMILES string of the molecule is CCCOc1ccc(CCC(=O)CS(=O)(=O)Cc2nc(-c3ccccc3C)oc2C)cc1. The highest BCUT2D eigenvalue weighted by Gasteiger charge is 2.22. The molecule has 6 nitrogen and oxygen atoms in total. The number of benzene rings is 2. The van der Waals surface area contributed by atoms with Crippen LogP contribution in [-0.4, -0.2) is 31.5 Å². The predicted octanol–water partition coefficient (Wildman–Crippen LogP) is 4.86. The second-order valence-electron chi connectivity index (χ2n) is 7.90. The normalized spacial score (nSPS) is 11.5.